The third-order valence-electron chi connectivity index (χ3n) is 0.236. The summed E-state index contributed by atoms with van der Waals surface area (Å²) in [6.07, 6.45) is 0. The van der Waals surface area contributed by atoms with Gasteiger partial charge >= 0.3 is 19.5 Å². The van der Waals surface area contributed by atoms with Crippen LogP contribution >= 0.6 is 0 Å². The van der Waals surface area contributed by atoms with Crippen LogP contribution in [-0.2, 0) is 19.5 Å². The average Bonchev–Trinajstić information content (AvgIpc) is 1.88. The van der Waals surface area contributed by atoms with Gasteiger partial charge in [0, 0.05) is 0 Å². The van der Waals surface area contributed by atoms with Crippen LogP contribution in [0.1, 0.15) is 0 Å². The summed E-state index contributed by atoms with van der Waals surface area (Å²) in [6, 6.07) is 0. The predicted molar refractivity (Wildman–Crippen MR) is 27.8 cm³/mol. The van der Waals surface area contributed by atoms with Gasteiger partial charge in [0.2, 0.25) is 0 Å². The van der Waals surface area contributed by atoms with E-state index in [0.29, 0.717) is 0 Å². The number of nitrogens with two attached hydrogens (primary N) is 2. The summed E-state index contributed by atoms with van der Waals surface area (Å²) in [4.78, 5) is 0. The molecule has 4 nitrogen and oxygen atoms in total. The van der Waals surface area contributed by atoms with Gasteiger partial charge in [-0.1, -0.05) is 0 Å². The van der Waals surface area contributed by atoms with Gasteiger partial charge in [-0.25, -0.2) is 0 Å². The van der Waals surface area contributed by atoms with Crippen LogP contribution in [0.5, 0.6) is 0 Å². The minimum Gasteiger partial charge on any atom is -0.854 e. The maximum absolute atomic E-state index is 9.17. The Morgan fingerprint density at radius 2 is 1.00 bits per heavy atom. The van der Waals surface area contributed by atoms with Crippen molar-refractivity contribution in [1.82, 2.24) is 0 Å². The van der Waals surface area contributed by atoms with Crippen LogP contribution in [0.3, 0.4) is 0 Å². The molecule has 0 aromatic heterocycles. The zero-order chi connectivity index (χ0) is 6.83. The van der Waals surface area contributed by atoms with Crippen molar-refractivity contribution < 1.29 is 29.7 Å². The van der Waals surface area contributed by atoms with Gasteiger partial charge < -0.3 is 21.7 Å². The van der Waals surface area contributed by atoms with E-state index in [4.69, 9.17) is 11.5 Å². The van der Waals surface area contributed by atoms with Crippen molar-refractivity contribution in [1.29, 1.82) is 0 Å². The van der Waals surface area contributed by atoms with Gasteiger partial charge in [0.05, 0.1) is 0 Å². The molecule has 0 aliphatic rings. The van der Waals surface area contributed by atoms with Crippen LogP contribution < -0.4 is 21.7 Å². The van der Waals surface area contributed by atoms with Gasteiger partial charge in [0.25, 0.3) is 0 Å². The van der Waals surface area contributed by atoms with Gasteiger partial charge in [0.1, 0.15) is 0 Å². The fourth-order valence-electron chi connectivity index (χ4n) is 0. The smallest absolute Gasteiger partial charge is 0.854 e. The van der Waals surface area contributed by atoms with E-state index in [9.17, 15) is 10.2 Å². The summed E-state index contributed by atoms with van der Waals surface area (Å²) in [5.74, 6) is 0. The molecule has 0 spiro atoms. The first-order valence-electron chi connectivity index (χ1n) is 2.39. The molecule has 0 aliphatic carbocycles. The van der Waals surface area contributed by atoms with Crippen LogP contribution in [-0.4, -0.2) is 26.3 Å². The number of hydrogen-bond donors (Lipinski definition) is 2. The summed E-state index contributed by atoms with van der Waals surface area (Å²) in [6.45, 7) is 0.222. The van der Waals surface area contributed by atoms with E-state index >= 15 is 0 Å². The molecule has 0 aromatic rings. The van der Waals surface area contributed by atoms with Gasteiger partial charge in [-0.15, -0.1) is 13.2 Å². The first kappa shape index (κ1) is 16.2. The molecule has 0 saturated carbocycles. The predicted octanol–water partition coefficient (Wildman–Crippen LogP) is -3.39. The monoisotopic (exact) mass is 184 g/mol. The zero-order valence-corrected chi connectivity index (χ0v) is 8.47. The molecule has 0 radical (unpaired) electrons. The molecule has 9 heavy (non-hydrogen) atoms. The van der Waals surface area contributed by atoms with Crippen molar-refractivity contribution in [2.45, 2.75) is 0 Å². The van der Waals surface area contributed by atoms with E-state index in [1.54, 1.807) is 0 Å². The molecule has 0 rings (SSSR count). The topological polar surface area (TPSA) is 98.2 Å². The normalized spacial score (nSPS) is 6.67. The number of hydrogen-bond acceptors (Lipinski definition) is 4. The van der Waals surface area contributed by atoms with E-state index in [1.807, 2.05) is 0 Å². The first-order valence-corrected chi connectivity index (χ1v) is 2.39. The van der Waals surface area contributed by atoms with Crippen LogP contribution in [0.15, 0.2) is 0 Å². The van der Waals surface area contributed by atoms with E-state index in [-0.39, 0.29) is 45.8 Å². The summed E-state index contributed by atoms with van der Waals surface area (Å²) in [5.41, 5.74) is 9.43. The van der Waals surface area contributed by atoms with Gasteiger partial charge in [-0.05, 0) is 13.1 Å². The standard InChI is InChI=1S/2C2H6NO.Zn/c2*3-1-2-4;/h2*1-3H2;/q2*-1;+2. The van der Waals surface area contributed by atoms with Crippen LogP contribution in [0.4, 0.5) is 0 Å². The van der Waals surface area contributed by atoms with Crippen LogP contribution in [0.2, 0.25) is 0 Å². The van der Waals surface area contributed by atoms with E-state index in [0.717, 1.165) is 0 Å². The van der Waals surface area contributed by atoms with Crippen molar-refractivity contribution in [2.75, 3.05) is 26.3 Å². The minimum atomic E-state index is -0.153. The minimum absolute atomic E-state index is 0. The molecular weight excluding hydrogens is 173 g/mol. The SMILES string of the molecule is NCC[O-].NCC[O-].[Zn+2]. The maximum Gasteiger partial charge on any atom is 2.00 e. The van der Waals surface area contributed by atoms with E-state index in [2.05, 4.69) is 0 Å². The molecule has 0 saturated heterocycles. The second-order valence-electron chi connectivity index (χ2n) is 0.986. The quantitative estimate of drug-likeness (QED) is 0.439. The summed E-state index contributed by atoms with van der Waals surface area (Å²) < 4.78 is 0. The molecule has 0 aromatic carbocycles. The van der Waals surface area contributed by atoms with Crippen LogP contribution in [0.25, 0.3) is 0 Å². The van der Waals surface area contributed by atoms with Crippen molar-refractivity contribution in [3.63, 3.8) is 0 Å². The summed E-state index contributed by atoms with van der Waals surface area (Å²) in [7, 11) is 0. The Morgan fingerprint density at radius 3 is 1.00 bits per heavy atom. The van der Waals surface area contributed by atoms with Crippen molar-refractivity contribution >= 4 is 0 Å². The molecule has 0 fully saturated rings. The number of rotatable bonds is 2. The second kappa shape index (κ2) is 23.7. The third-order valence-corrected chi connectivity index (χ3v) is 0.236. The Bertz CT molecular complexity index is 24.5. The van der Waals surface area contributed by atoms with E-state index < -0.39 is 0 Å². The Hall–Kier alpha value is 0.463. The van der Waals surface area contributed by atoms with Gasteiger partial charge in [-0.2, -0.15) is 0 Å². The Labute approximate surface area is 68.0 Å². The second-order valence-corrected chi connectivity index (χ2v) is 0.986. The average molecular weight is 186 g/mol. The maximum atomic E-state index is 9.17. The van der Waals surface area contributed by atoms with Gasteiger partial charge in [-0.3, -0.25) is 0 Å². The first-order chi connectivity index (χ1) is 3.83. The summed E-state index contributed by atoms with van der Waals surface area (Å²) in [5, 5.41) is 18.3. The van der Waals surface area contributed by atoms with Crippen molar-refractivity contribution in [2.24, 2.45) is 11.5 Å². The Morgan fingerprint density at radius 1 is 0.889 bits per heavy atom. The molecule has 0 bridgehead atoms. The molecule has 52 valence electrons. The van der Waals surface area contributed by atoms with Gasteiger partial charge in [0.15, 0.2) is 0 Å². The van der Waals surface area contributed by atoms with E-state index in [1.165, 1.54) is 0 Å². The molecular formula is C4H12N2O2Zn. The Balaban J connectivity index is -0.0000000720. The third kappa shape index (κ3) is 58.3. The molecule has 4 N–H and O–H groups in total. The zero-order valence-electron chi connectivity index (χ0n) is 5.51. The van der Waals surface area contributed by atoms with Crippen LogP contribution in [0, 0.1) is 0 Å². The molecule has 0 amide bonds. The Kier molecular flexibility index (Phi) is 42.7. The molecule has 0 unspecified atom stereocenters. The largest absolute Gasteiger partial charge is 2.00 e. The fraction of sp³-hybridized carbons (Fsp3) is 1.00. The molecule has 0 heterocycles. The fourth-order valence-corrected chi connectivity index (χ4v) is 0. The molecule has 0 aliphatic heterocycles. The molecule has 0 atom stereocenters. The van der Waals surface area contributed by atoms with Crippen molar-refractivity contribution in [3.05, 3.63) is 0 Å². The van der Waals surface area contributed by atoms with Crippen molar-refractivity contribution in [3.8, 4) is 0 Å². The summed E-state index contributed by atoms with van der Waals surface area (Å²) >= 11 is 0. The molecule has 5 heteroatoms.